The highest BCUT2D eigenvalue weighted by atomic mass is 16.4. The van der Waals surface area contributed by atoms with Crippen LogP contribution in [0, 0.1) is 0 Å². The molecule has 3 heterocycles. The number of amides is 1. The lowest BCUT2D eigenvalue weighted by molar-refractivity contribution is 0.0955. The van der Waals surface area contributed by atoms with E-state index in [1.165, 1.54) is 0 Å². The molecule has 2 aromatic rings. The third-order valence-corrected chi connectivity index (χ3v) is 4.18. The van der Waals surface area contributed by atoms with E-state index in [1.54, 1.807) is 19.2 Å². The first-order valence-corrected chi connectivity index (χ1v) is 7.87. The topological polar surface area (TPSA) is 83.5 Å². The summed E-state index contributed by atoms with van der Waals surface area (Å²) in [6.07, 6.45) is 3.99. The zero-order valence-electron chi connectivity index (χ0n) is 13.2. The van der Waals surface area contributed by atoms with Crippen LogP contribution in [0.25, 0.3) is 0 Å². The van der Waals surface area contributed by atoms with Crippen molar-refractivity contribution in [1.29, 1.82) is 0 Å². The van der Waals surface area contributed by atoms with Crippen LogP contribution in [-0.2, 0) is 13.2 Å². The molecule has 0 radical (unpaired) electrons. The van der Waals surface area contributed by atoms with Crippen LogP contribution >= 0.6 is 0 Å². The summed E-state index contributed by atoms with van der Waals surface area (Å²) in [6.45, 7) is 2.53. The van der Waals surface area contributed by atoms with E-state index in [9.17, 15) is 4.79 Å². The van der Waals surface area contributed by atoms with Gasteiger partial charge in [0, 0.05) is 19.8 Å². The Hall–Kier alpha value is -2.12. The van der Waals surface area contributed by atoms with E-state index < -0.39 is 0 Å². The van der Waals surface area contributed by atoms with Gasteiger partial charge in [-0.2, -0.15) is 5.10 Å². The number of likely N-dealkylation sites (tertiary alicyclic amines) is 1. The van der Waals surface area contributed by atoms with Gasteiger partial charge in [-0.1, -0.05) is 0 Å². The summed E-state index contributed by atoms with van der Waals surface area (Å²) in [4.78, 5) is 13.9. The predicted molar refractivity (Wildman–Crippen MR) is 83.8 cm³/mol. The number of aromatic nitrogens is 2. The van der Waals surface area contributed by atoms with E-state index in [1.807, 2.05) is 16.9 Å². The van der Waals surface area contributed by atoms with Gasteiger partial charge < -0.3 is 14.8 Å². The van der Waals surface area contributed by atoms with Crippen LogP contribution in [0.2, 0.25) is 0 Å². The Labute approximate surface area is 134 Å². The lowest BCUT2D eigenvalue weighted by atomic mass is 10.1. The van der Waals surface area contributed by atoms with Crippen molar-refractivity contribution in [1.82, 2.24) is 20.0 Å². The van der Waals surface area contributed by atoms with Crippen LogP contribution in [0.4, 0.5) is 0 Å². The van der Waals surface area contributed by atoms with Gasteiger partial charge in [-0.25, -0.2) is 0 Å². The van der Waals surface area contributed by atoms with Gasteiger partial charge >= 0.3 is 0 Å². The first-order chi connectivity index (χ1) is 11.2. The summed E-state index contributed by atoms with van der Waals surface area (Å²) in [5.41, 5.74) is 0.447. The SMILES string of the molecule is CNC(=O)c1ccn(C2CCCN(Cc3ccc(CO)o3)C2)n1. The quantitative estimate of drug-likeness (QED) is 0.864. The van der Waals surface area contributed by atoms with Crippen molar-refractivity contribution in [3.63, 3.8) is 0 Å². The smallest absolute Gasteiger partial charge is 0.271 e. The normalized spacial score (nSPS) is 19.0. The Morgan fingerprint density at radius 2 is 2.26 bits per heavy atom. The summed E-state index contributed by atoms with van der Waals surface area (Å²) in [5, 5.41) is 16.0. The lowest BCUT2D eigenvalue weighted by Gasteiger charge is -2.32. The molecule has 0 aromatic carbocycles. The number of hydrogen-bond acceptors (Lipinski definition) is 5. The molecular weight excluding hydrogens is 296 g/mol. The second-order valence-electron chi connectivity index (χ2n) is 5.82. The van der Waals surface area contributed by atoms with Crippen molar-refractivity contribution in [2.75, 3.05) is 20.1 Å². The number of furan rings is 1. The molecule has 1 aliphatic heterocycles. The molecule has 1 amide bonds. The van der Waals surface area contributed by atoms with E-state index in [-0.39, 0.29) is 18.6 Å². The summed E-state index contributed by atoms with van der Waals surface area (Å²) < 4.78 is 7.45. The highest BCUT2D eigenvalue weighted by molar-refractivity contribution is 5.91. The molecule has 0 spiro atoms. The van der Waals surface area contributed by atoms with Gasteiger partial charge in [-0.15, -0.1) is 0 Å². The lowest BCUT2D eigenvalue weighted by Crippen LogP contribution is -2.36. The van der Waals surface area contributed by atoms with Gasteiger partial charge in [-0.05, 0) is 37.6 Å². The van der Waals surface area contributed by atoms with Crippen LogP contribution in [0.15, 0.2) is 28.8 Å². The molecule has 0 aliphatic carbocycles. The van der Waals surface area contributed by atoms with Crippen LogP contribution in [0.1, 0.15) is 40.9 Å². The summed E-state index contributed by atoms with van der Waals surface area (Å²) in [6, 6.07) is 5.72. The fraction of sp³-hybridized carbons (Fsp3) is 0.500. The molecule has 7 heteroatoms. The number of carbonyl (C=O) groups excluding carboxylic acids is 1. The Morgan fingerprint density at radius 3 is 3.00 bits per heavy atom. The molecule has 3 rings (SSSR count). The first-order valence-electron chi connectivity index (χ1n) is 7.87. The minimum absolute atomic E-state index is 0.0712. The second kappa shape index (κ2) is 6.97. The molecule has 1 unspecified atom stereocenters. The molecule has 2 aromatic heterocycles. The third kappa shape index (κ3) is 3.62. The Morgan fingerprint density at radius 1 is 1.43 bits per heavy atom. The molecule has 0 bridgehead atoms. The Kier molecular flexibility index (Phi) is 4.78. The maximum atomic E-state index is 11.6. The van der Waals surface area contributed by atoms with Gasteiger partial charge in [0.2, 0.25) is 0 Å². The van der Waals surface area contributed by atoms with Crippen molar-refractivity contribution in [2.24, 2.45) is 0 Å². The summed E-state index contributed by atoms with van der Waals surface area (Å²) in [5.74, 6) is 1.29. The number of rotatable bonds is 5. The minimum Gasteiger partial charge on any atom is -0.462 e. The van der Waals surface area contributed by atoms with Crippen LogP contribution in [0.5, 0.6) is 0 Å². The monoisotopic (exact) mass is 318 g/mol. The van der Waals surface area contributed by atoms with Gasteiger partial charge in [0.05, 0.1) is 12.6 Å². The molecule has 7 nitrogen and oxygen atoms in total. The molecule has 1 atom stereocenters. The zero-order chi connectivity index (χ0) is 16.2. The number of nitrogens with one attached hydrogen (secondary N) is 1. The molecular formula is C16H22N4O3. The van der Waals surface area contributed by atoms with E-state index in [0.717, 1.165) is 38.2 Å². The average Bonchev–Trinajstić information content (AvgIpc) is 3.23. The van der Waals surface area contributed by atoms with Crippen LogP contribution in [0.3, 0.4) is 0 Å². The maximum Gasteiger partial charge on any atom is 0.271 e. The molecule has 2 N–H and O–H groups in total. The fourth-order valence-electron chi connectivity index (χ4n) is 2.99. The number of hydrogen-bond donors (Lipinski definition) is 2. The molecule has 23 heavy (non-hydrogen) atoms. The van der Waals surface area contributed by atoms with Gasteiger partial charge in [0.25, 0.3) is 5.91 Å². The number of aliphatic hydroxyl groups excluding tert-OH is 1. The van der Waals surface area contributed by atoms with E-state index in [0.29, 0.717) is 11.5 Å². The molecule has 1 fully saturated rings. The van der Waals surface area contributed by atoms with E-state index in [4.69, 9.17) is 9.52 Å². The molecule has 124 valence electrons. The van der Waals surface area contributed by atoms with Gasteiger partial charge in [-0.3, -0.25) is 14.4 Å². The third-order valence-electron chi connectivity index (χ3n) is 4.18. The highest BCUT2D eigenvalue weighted by Crippen LogP contribution is 2.23. The minimum atomic E-state index is -0.163. The van der Waals surface area contributed by atoms with Crippen molar-refractivity contribution >= 4 is 5.91 Å². The Balaban J connectivity index is 1.63. The van der Waals surface area contributed by atoms with Crippen molar-refractivity contribution < 1.29 is 14.3 Å². The first kappa shape index (κ1) is 15.8. The molecule has 1 aliphatic rings. The molecule has 0 saturated carbocycles. The Bertz CT molecular complexity index is 664. The number of aliphatic hydroxyl groups is 1. The summed E-state index contributed by atoms with van der Waals surface area (Å²) >= 11 is 0. The van der Waals surface area contributed by atoms with Crippen molar-refractivity contribution in [2.45, 2.75) is 32.0 Å². The number of piperidine rings is 1. The largest absolute Gasteiger partial charge is 0.462 e. The maximum absolute atomic E-state index is 11.6. The van der Waals surface area contributed by atoms with E-state index in [2.05, 4.69) is 15.3 Å². The van der Waals surface area contributed by atoms with Gasteiger partial charge in [0.1, 0.15) is 23.8 Å². The number of nitrogens with zero attached hydrogens (tertiary/aromatic N) is 3. The van der Waals surface area contributed by atoms with Crippen LogP contribution in [-0.4, -0.2) is 45.8 Å². The standard InChI is InChI=1S/C16H22N4O3/c1-17-16(22)15-6-8-20(18-15)12-3-2-7-19(9-12)10-13-4-5-14(11-21)23-13/h4-6,8,12,21H,2-3,7,9-11H2,1H3,(H,17,22). The zero-order valence-corrected chi connectivity index (χ0v) is 13.2. The highest BCUT2D eigenvalue weighted by Gasteiger charge is 2.23. The number of carbonyl (C=O) groups is 1. The summed E-state index contributed by atoms with van der Waals surface area (Å²) in [7, 11) is 1.60. The fourth-order valence-corrected chi connectivity index (χ4v) is 2.99. The second-order valence-corrected chi connectivity index (χ2v) is 5.82. The van der Waals surface area contributed by atoms with Crippen molar-refractivity contribution in [3.8, 4) is 0 Å². The van der Waals surface area contributed by atoms with Crippen molar-refractivity contribution in [3.05, 3.63) is 41.6 Å². The van der Waals surface area contributed by atoms with Crippen LogP contribution < -0.4 is 5.32 Å². The van der Waals surface area contributed by atoms with E-state index >= 15 is 0 Å². The van der Waals surface area contributed by atoms with Gasteiger partial charge in [0.15, 0.2) is 0 Å². The average molecular weight is 318 g/mol. The molecule has 1 saturated heterocycles. The predicted octanol–water partition coefficient (Wildman–Crippen LogP) is 1.17.